The molecule has 0 fully saturated rings. The molecule has 0 spiro atoms. The van der Waals surface area contributed by atoms with E-state index in [1.54, 1.807) is 30.3 Å². The molecule has 26 heavy (non-hydrogen) atoms. The van der Waals surface area contributed by atoms with Crippen LogP contribution in [0.15, 0.2) is 70.5 Å². The summed E-state index contributed by atoms with van der Waals surface area (Å²) >= 11 is 1.39. The number of rotatable bonds is 4. The SMILES string of the molecule is Cc1c(C(=O)c2ccccc2)oc2ccc(NC(=O)c3cccs3)cc12. The molecule has 0 aliphatic rings. The van der Waals surface area contributed by atoms with Gasteiger partial charge in [-0.2, -0.15) is 0 Å². The molecule has 0 atom stereocenters. The summed E-state index contributed by atoms with van der Waals surface area (Å²) in [5.41, 5.74) is 2.64. The lowest BCUT2D eigenvalue weighted by atomic mass is 10.0. The maximum atomic E-state index is 12.7. The first-order valence-corrected chi connectivity index (χ1v) is 8.99. The molecule has 4 rings (SSSR count). The van der Waals surface area contributed by atoms with Crippen LogP contribution in [0.1, 0.15) is 31.4 Å². The van der Waals surface area contributed by atoms with Gasteiger partial charge in [-0.25, -0.2) is 0 Å². The Morgan fingerprint density at radius 2 is 1.81 bits per heavy atom. The molecule has 4 nitrogen and oxygen atoms in total. The Labute approximate surface area is 154 Å². The topological polar surface area (TPSA) is 59.3 Å². The van der Waals surface area contributed by atoms with Crippen molar-refractivity contribution in [3.05, 3.63) is 87.8 Å². The number of nitrogens with one attached hydrogen (secondary N) is 1. The summed E-state index contributed by atoms with van der Waals surface area (Å²) < 4.78 is 5.79. The zero-order valence-corrected chi connectivity index (χ0v) is 14.8. The number of fused-ring (bicyclic) bond motifs is 1. The van der Waals surface area contributed by atoms with Crippen LogP contribution in [-0.4, -0.2) is 11.7 Å². The van der Waals surface area contributed by atoms with Crippen LogP contribution in [0.4, 0.5) is 5.69 Å². The van der Waals surface area contributed by atoms with E-state index < -0.39 is 0 Å². The maximum Gasteiger partial charge on any atom is 0.265 e. The van der Waals surface area contributed by atoms with Gasteiger partial charge in [0.1, 0.15) is 5.58 Å². The summed E-state index contributed by atoms with van der Waals surface area (Å²) in [5.74, 6) is 0.0255. The summed E-state index contributed by atoms with van der Waals surface area (Å²) in [7, 11) is 0. The molecule has 5 heteroatoms. The van der Waals surface area contributed by atoms with Crippen molar-refractivity contribution in [3.8, 4) is 0 Å². The third kappa shape index (κ3) is 2.93. The van der Waals surface area contributed by atoms with Gasteiger partial charge < -0.3 is 9.73 Å². The van der Waals surface area contributed by atoms with E-state index in [2.05, 4.69) is 5.32 Å². The van der Waals surface area contributed by atoms with Crippen LogP contribution < -0.4 is 5.32 Å². The van der Waals surface area contributed by atoms with Gasteiger partial charge in [0.25, 0.3) is 5.91 Å². The fraction of sp³-hybridized carbons (Fsp3) is 0.0476. The largest absolute Gasteiger partial charge is 0.452 e. The van der Waals surface area contributed by atoms with Crippen LogP contribution in [0.5, 0.6) is 0 Å². The average molecular weight is 361 g/mol. The molecular weight excluding hydrogens is 346 g/mol. The van der Waals surface area contributed by atoms with Crippen LogP contribution in [0, 0.1) is 6.92 Å². The molecule has 1 N–H and O–H groups in total. The molecule has 0 bridgehead atoms. The van der Waals surface area contributed by atoms with Crippen molar-refractivity contribution < 1.29 is 14.0 Å². The third-order valence-corrected chi connectivity index (χ3v) is 5.05. The number of furan rings is 1. The minimum absolute atomic E-state index is 0.150. The maximum absolute atomic E-state index is 12.7. The van der Waals surface area contributed by atoms with Gasteiger partial charge in [0.05, 0.1) is 4.88 Å². The summed E-state index contributed by atoms with van der Waals surface area (Å²) in [6, 6.07) is 18.0. The first-order chi connectivity index (χ1) is 12.6. The van der Waals surface area contributed by atoms with Gasteiger partial charge in [-0.05, 0) is 36.6 Å². The highest BCUT2D eigenvalue weighted by Crippen LogP contribution is 2.29. The summed E-state index contributed by atoms with van der Waals surface area (Å²) in [4.78, 5) is 25.6. The smallest absolute Gasteiger partial charge is 0.265 e. The minimum Gasteiger partial charge on any atom is -0.452 e. The predicted molar refractivity (Wildman–Crippen MR) is 103 cm³/mol. The molecular formula is C21H15NO3S. The van der Waals surface area contributed by atoms with Gasteiger partial charge in [0.2, 0.25) is 5.78 Å². The molecule has 0 unspecified atom stereocenters. The van der Waals surface area contributed by atoms with E-state index in [4.69, 9.17) is 4.42 Å². The van der Waals surface area contributed by atoms with Crippen molar-refractivity contribution >= 4 is 39.7 Å². The molecule has 0 aliphatic carbocycles. The second kappa shape index (κ2) is 6.61. The predicted octanol–water partition coefficient (Wildman–Crippen LogP) is 5.29. The van der Waals surface area contributed by atoms with Gasteiger partial charge in [-0.15, -0.1) is 11.3 Å². The average Bonchev–Trinajstić information content (AvgIpc) is 3.31. The van der Waals surface area contributed by atoms with Crippen LogP contribution in [0.3, 0.4) is 0 Å². The quantitative estimate of drug-likeness (QED) is 0.503. The van der Waals surface area contributed by atoms with Gasteiger partial charge in [0.15, 0.2) is 5.76 Å². The van der Waals surface area contributed by atoms with Crippen molar-refractivity contribution in [2.45, 2.75) is 6.92 Å². The molecule has 128 valence electrons. The number of hydrogen-bond acceptors (Lipinski definition) is 4. The minimum atomic E-state index is -0.152. The lowest BCUT2D eigenvalue weighted by Gasteiger charge is -2.03. The molecule has 0 saturated carbocycles. The highest BCUT2D eigenvalue weighted by Gasteiger charge is 2.19. The second-order valence-corrected chi connectivity index (χ2v) is 6.84. The second-order valence-electron chi connectivity index (χ2n) is 5.89. The van der Waals surface area contributed by atoms with Crippen LogP contribution in [0.2, 0.25) is 0 Å². The highest BCUT2D eigenvalue weighted by molar-refractivity contribution is 7.12. The number of amides is 1. The lowest BCUT2D eigenvalue weighted by Crippen LogP contribution is -2.09. The van der Waals surface area contributed by atoms with Gasteiger partial charge in [0, 0.05) is 22.2 Å². The zero-order valence-electron chi connectivity index (χ0n) is 14.0. The van der Waals surface area contributed by atoms with E-state index in [9.17, 15) is 9.59 Å². The Morgan fingerprint density at radius 3 is 2.54 bits per heavy atom. The van der Waals surface area contributed by atoms with E-state index in [1.165, 1.54) is 11.3 Å². The fourth-order valence-electron chi connectivity index (χ4n) is 2.84. The molecule has 0 saturated heterocycles. The monoisotopic (exact) mass is 361 g/mol. The zero-order chi connectivity index (χ0) is 18.1. The molecule has 2 aromatic heterocycles. The van der Waals surface area contributed by atoms with Crippen LogP contribution >= 0.6 is 11.3 Å². The van der Waals surface area contributed by atoms with Crippen LogP contribution in [-0.2, 0) is 0 Å². The Hall–Kier alpha value is -3.18. The number of thiophene rings is 1. The number of benzene rings is 2. The van der Waals surface area contributed by atoms with Crippen LogP contribution in [0.25, 0.3) is 11.0 Å². The highest BCUT2D eigenvalue weighted by atomic mass is 32.1. The normalized spacial score (nSPS) is 10.8. The number of carbonyl (C=O) groups excluding carboxylic acids is 2. The van der Waals surface area contributed by atoms with E-state index in [0.29, 0.717) is 27.5 Å². The standard InChI is InChI=1S/C21H15NO3S/c1-13-16-12-15(22-21(24)18-8-5-11-26-18)9-10-17(16)25-20(13)19(23)14-6-3-2-4-7-14/h2-12H,1H3,(H,22,24). The van der Waals surface area contributed by atoms with Crippen molar-refractivity contribution in [2.75, 3.05) is 5.32 Å². The Morgan fingerprint density at radius 1 is 1.00 bits per heavy atom. The first-order valence-electron chi connectivity index (χ1n) is 8.11. The van der Waals surface area contributed by atoms with Crippen molar-refractivity contribution in [1.29, 1.82) is 0 Å². The van der Waals surface area contributed by atoms with Crippen molar-refractivity contribution in [3.63, 3.8) is 0 Å². The van der Waals surface area contributed by atoms with E-state index in [1.807, 2.05) is 42.6 Å². The lowest BCUT2D eigenvalue weighted by molar-refractivity contribution is 0.101. The number of anilines is 1. The molecule has 2 aromatic carbocycles. The summed E-state index contributed by atoms with van der Waals surface area (Å²) in [5, 5.41) is 5.55. The fourth-order valence-corrected chi connectivity index (χ4v) is 3.46. The number of aryl methyl sites for hydroxylation is 1. The van der Waals surface area contributed by atoms with E-state index >= 15 is 0 Å². The van der Waals surface area contributed by atoms with E-state index in [-0.39, 0.29) is 11.7 Å². The Kier molecular flexibility index (Phi) is 4.14. The molecule has 1 amide bonds. The van der Waals surface area contributed by atoms with Crippen molar-refractivity contribution in [1.82, 2.24) is 0 Å². The van der Waals surface area contributed by atoms with E-state index in [0.717, 1.165) is 10.9 Å². The first kappa shape index (κ1) is 16.3. The Bertz CT molecular complexity index is 1100. The molecule has 2 heterocycles. The van der Waals surface area contributed by atoms with Gasteiger partial charge in [-0.3, -0.25) is 9.59 Å². The number of ketones is 1. The third-order valence-electron chi connectivity index (χ3n) is 4.18. The number of hydrogen-bond donors (Lipinski definition) is 1. The molecule has 0 radical (unpaired) electrons. The Balaban J connectivity index is 1.68. The van der Waals surface area contributed by atoms with Crippen molar-refractivity contribution in [2.24, 2.45) is 0 Å². The van der Waals surface area contributed by atoms with Gasteiger partial charge >= 0.3 is 0 Å². The summed E-state index contributed by atoms with van der Waals surface area (Å²) in [6.07, 6.45) is 0. The van der Waals surface area contributed by atoms with Gasteiger partial charge in [-0.1, -0.05) is 36.4 Å². The molecule has 4 aromatic rings. The molecule has 0 aliphatic heterocycles. The number of carbonyl (C=O) groups is 2. The summed E-state index contributed by atoms with van der Waals surface area (Å²) in [6.45, 7) is 1.85.